The molecule has 3 heterocycles. The molecule has 1 fully saturated rings. The molecule has 2 unspecified atom stereocenters. The summed E-state index contributed by atoms with van der Waals surface area (Å²) in [7, 11) is 1.63. The lowest BCUT2D eigenvalue weighted by Crippen LogP contribution is -2.32. The van der Waals surface area contributed by atoms with Crippen molar-refractivity contribution in [3.05, 3.63) is 12.7 Å². The summed E-state index contributed by atoms with van der Waals surface area (Å²) in [4.78, 5) is 12.4. The SMILES string of the molecule is COC1C(SC)[C@@H](CO)O[C@H]1n1cnc2c(N)ncnc21. The molecule has 1 aliphatic heterocycles. The van der Waals surface area contributed by atoms with Crippen molar-refractivity contribution in [1.82, 2.24) is 19.5 Å². The molecule has 1 saturated heterocycles. The summed E-state index contributed by atoms with van der Waals surface area (Å²) in [5.74, 6) is 0.325. The fourth-order valence-corrected chi connectivity index (χ4v) is 3.64. The Balaban J connectivity index is 2.03. The molecule has 3 rings (SSSR count). The van der Waals surface area contributed by atoms with Gasteiger partial charge in [-0.25, -0.2) is 15.0 Å². The molecule has 9 heteroatoms. The topological polar surface area (TPSA) is 108 Å². The molecule has 0 saturated carbocycles. The number of nitrogens with zero attached hydrogens (tertiary/aromatic N) is 4. The number of nitrogens with two attached hydrogens (primary N) is 1. The van der Waals surface area contributed by atoms with Gasteiger partial charge in [-0.05, 0) is 6.26 Å². The number of rotatable bonds is 4. The molecule has 4 atom stereocenters. The molecule has 0 aliphatic carbocycles. The molecule has 1 aliphatic rings. The second-order valence-corrected chi connectivity index (χ2v) is 5.75. The van der Waals surface area contributed by atoms with E-state index in [1.54, 1.807) is 29.8 Å². The Hall–Kier alpha value is -1.42. The van der Waals surface area contributed by atoms with Crippen LogP contribution in [0.3, 0.4) is 0 Å². The van der Waals surface area contributed by atoms with E-state index >= 15 is 0 Å². The van der Waals surface area contributed by atoms with Crippen molar-refractivity contribution in [2.24, 2.45) is 0 Å². The van der Waals surface area contributed by atoms with Crippen molar-refractivity contribution >= 4 is 28.7 Å². The van der Waals surface area contributed by atoms with E-state index in [4.69, 9.17) is 15.2 Å². The van der Waals surface area contributed by atoms with Gasteiger partial charge in [-0.15, -0.1) is 0 Å². The van der Waals surface area contributed by atoms with Crippen LogP contribution in [0, 0.1) is 0 Å². The average molecular weight is 311 g/mol. The number of ether oxygens (including phenoxy) is 2. The summed E-state index contributed by atoms with van der Waals surface area (Å²) in [6, 6.07) is 0. The summed E-state index contributed by atoms with van der Waals surface area (Å²) in [6.45, 7) is -0.0639. The van der Waals surface area contributed by atoms with Gasteiger partial charge in [0.25, 0.3) is 0 Å². The van der Waals surface area contributed by atoms with Crippen molar-refractivity contribution in [3.8, 4) is 0 Å². The van der Waals surface area contributed by atoms with Gasteiger partial charge in [0.2, 0.25) is 0 Å². The zero-order valence-corrected chi connectivity index (χ0v) is 12.5. The van der Waals surface area contributed by atoms with Gasteiger partial charge in [0.15, 0.2) is 17.7 Å². The van der Waals surface area contributed by atoms with E-state index < -0.39 is 6.23 Å². The van der Waals surface area contributed by atoms with Crippen LogP contribution < -0.4 is 5.73 Å². The van der Waals surface area contributed by atoms with Crippen LogP contribution in [-0.4, -0.2) is 62.1 Å². The lowest BCUT2D eigenvalue weighted by Gasteiger charge is -2.21. The first-order chi connectivity index (χ1) is 10.2. The number of aliphatic hydroxyl groups excluding tert-OH is 1. The van der Waals surface area contributed by atoms with Crippen molar-refractivity contribution in [3.63, 3.8) is 0 Å². The van der Waals surface area contributed by atoms with Crippen LogP contribution in [0.2, 0.25) is 0 Å². The predicted octanol–water partition coefficient (Wildman–Crippen LogP) is 0.0448. The molecule has 0 amide bonds. The van der Waals surface area contributed by atoms with Gasteiger partial charge in [-0.1, -0.05) is 0 Å². The molecule has 0 bridgehead atoms. The molecule has 114 valence electrons. The molecule has 8 nitrogen and oxygen atoms in total. The monoisotopic (exact) mass is 311 g/mol. The van der Waals surface area contributed by atoms with Crippen LogP contribution >= 0.6 is 11.8 Å². The minimum absolute atomic E-state index is 0.0293. The Bertz CT molecular complexity index is 636. The molecule has 0 spiro atoms. The zero-order valence-electron chi connectivity index (χ0n) is 11.7. The highest BCUT2D eigenvalue weighted by molar-refractivity contribution is 7.99. The average Bonchev–Trinajstić information content (AvgIpc) is 3.07. The number of nitrogen functional groups attached to an aromatic ring is 1. The predicted molar refractivity (Wildman–Crippen MR) is 78.8 cm³/mol. The maximum Gasteiger partial charge on any atom is 0.167 e. The maximum atomic E-state index is 9.49. The quantitative estimate of drug-likeness (QED) is 0.815. The second-order valence-electron chi connectivity index (χ2n) is 4.73. The number of aliphatic hydroxyl groups is 1. The van der Waals surface area contributed by atoms with Crippen molar-refractivity contribution in [2.45, 2.75) is 23.7 Å². The van der Waals surface area contributed by atoms with Gasteiger partial charge in [0.05, 0.1) is 24.3 Å². The summed E-state index contributed by atoms with van der Waals surface area (Å²) in [5, 5.41) is 9.52. The Labute approximate surface area is 125 Å². The Kier molecular flexibility index (Phi) is 3.98. The van der Waals surface area contributed by atoms with Crippen molar-refractivity contribution in [1.29, 1.82) is 0 Å². The first-order valence-corrected chi connectivity index (χ1v) is 7.75. The Morgan fingerprint density at radius 1 is 1.48 bits per heavy atom. The van der Waals surface area contributed by atoms with Gasteiger partial charge in [-0.2, -0.15) is 11.8 Å². The van der Waals surface area contributed by atoms with Crippen LogP contribution in [0.15, 0.2) is 12.7 Å². The van der Waals surface area contributed by atoms with Crippen LogP contribution in [0.25, 0.3) is 11.2 Å². The van der Waals surface area contributed by atoms with E-state index in [2.05, 4.69) is 15.0 Å². The number of methoxy groups -OCH3 is 1. The third-order valence-corrected chi connectivity index (χ3v) is 4.79. The first kappa shape index (κ1) is 14.5. The van der Waals surface area contributed by atoms with E-state index in [9.17, 15) is 5.11 Å². The van der Waals surface area contributed by atoms with Gasteiger partial charge < -0.3 is 20.3 Å². The lowest BCUT2D eigenvalue weighted by atomic mass is 10.2. The van der Waals surface area contributed by atoms with Crippen LogP contribution in [0.4, 0.5) is 5.82 Å². The van der Waals surface area contributed by atoms with Crippen LogP contribution in [0.5, 0.6) is 0 Å². The number of aromatic nitrogens is 4. The number of hydrogen-bond donors (Lipinski definition) is 2. The largest absolute Gasteiger partial charge is 0.394 e. The molecule has 0 aromatic carbocycles. The third kappa shape index (κ3) is 2.26. The second kappa shape index (κ2) is 5.76. The van der Waals surface area contributed by atoms with Crippen molar-refractivity contribution < 1.29 is 14.6 Å². The highest BCUT2D eigenvalue weighted by Gasteiger charge is 2.45. The smallest absolute Gasteiger partial charge is 0.167 e. The van der Waals surface area contributed by atoms with E-state index in [1.165, 1.54) is 6.33 Å². The molecule has 2 aromatic heterocycles. The van der Waals surface area contributed by atoms with Crippen molar-refractivity contribution in [2.75, 3.05) is 25.7 Å². The summed E-state index contributed by atoms with van der Waals surface area (Å²) in [6.07, 6.45) is 4.05. The molecule has 21 heavy (non-hydrogen) atoms. The lowest BCUT2D eigenvalue weighted by molar-refractivity contribution is -0.0583. The molecule has 3 N–H and O–H groups in total. The van der Waals surface area contributed by atoms with Gasteiger partial charge >= 0.3 is 0 Å². The normalized spacial score (nSPS) is 29.3. The third-order valence-electron chi connectivity index (χ3n) is 3.67. The summed E-state index contributed by atoms with van der Waals surface area (Å²) in [5.41, 5.74) is 6.92. The van der Waals surface area contributed by atoms with E-state index in [0.717, 1.165) is 0 Å². The van der Waals surface area contributed by atoms with E-state index in [0.29, 0.717) is 17.0 Å². The zero-order chi connectivity index (χ0) is 15.0. The maximum absolute atomic E-state index is 9.49. The Morgan fingerprint density at radius 3 is 2.95 bits per heavy atom. The van der Waals surface area contributed by atoms with Gasteiger partial charge in [-0.3, -0.25) is 4.57 Å². The molecular weight excluding hydrogens is 294 g/mol. The fraction of sp³-hybridized carbons (Fsp3) is 0.583. The van der Waals surface area contributed by atoms with Gasteiger partial charge in [0.1, 0.15) is 17.9 Å². The minimum atomic E-state index is -0.413. The molecular formula is C12H17N5O3S. The highest BCUT2D eigenvalue weighted by atomic mass is 32.2. The van der Waals surface area contributed by atoms with Crippen LogP contribution in [0.1, 0.15) is 6.23 Å². The number of thioether (sulfide) groups is 1. The summed E-state index contributed by atoms with van der Waals surface area (Å²) < 4.78 is 13.3. The van der Waals surface area contributed by atoms with Crippen LogP contribution in [-0.2, 0) is 9.47 Å². The molecule has 2 aromatic rings. The number of hydrogen-bond acceptors (Lipinski definition) is 8. The Morgan fingerprint density at radius 2 is 2.29 bits per heavy atom. The molecule has 0 radical (unpaired) electrons. The summed E-state index contributed by atoms with van der Waals surface area (Å²) >= 11 is 1.61. The fourth-order valence-electron chi connectivity index (χ4n) is 2.67. The number of imidazole rings is 1. The minimum Gasteiger partial charge on any atom is -0.394 e. The van der Waals surface area contributed by atoms with Gasteiger partial charge in [0, 0.05) is 7.11 Å². The highest BCUT2D eigenvalue weighted by Crippen LogP contribution is 2.38. The number of fused-ring (bicyclic) bond motifs is 1. The van der Waals surface area contributed by atoms with E-state index in [-0.39, 0.29) is 24.1 Å². The standard InChI is InChI=1S/C12H17N5O3S/c1-19-8-9(21-2)6(3-18)20-12(8)17-5-16-7-10(13)14-4-15-11(7)17/h4-6,8-9,12,18H,3H2,1-2H3,(H2,13,14,15)/t6-,8?,9?,12-/m1/s1. The number of anilines is 1. The first-order valence-electron chi connectivity index (χ1n) is 6.46. The van der Waals surface area contributed by atoms with E-state index in [1.807, 2.05) is 6.26 Å².